The van der Waals surface area contributed by atoms with Crippen LogP contribution in [0.5, 0.6) is 5.75 Å². The molecule has 2 amide bonds. The summed E-state index contributed by atoms with van der Waals surface area (Å²) in [6, 6.07) is 10.8. The number of benzene rings is 2. The normalized spacial score (nSPS) is 13.3. The van der Waals surface area contributed by atoms with E-state index in [1.807, 2.05) is 43.3 Å². The lowest BCUT2D eigenvalue weighted by molar-refractivity contribution is -0.123. The summed E-state index contributed by atoms with van der Waals surface area (Å²) in [5.74, 6) is 0.0649. The van der Waals surface area contributed by atoms with E-state index in [-0.39, 0.29) is 24.2 Å². The second-order valence-corrected chi connectivity index (χ2v) is 9.27. The summed E-state index contributed by atoms with van der Waals surface area (Å²) in [5.41, 5.74) is 0.924. The average molecular weight is 496 g/mol. The van der Waals surface area contributed by atoms with Crippen LogP contribution in [0.2, 0.25) is 0 Å². The van der Waals surface area contributed by atoms with Gasteiger partial charge < -0.3 is 30.3 Å². The number of aliphatic hydroxyl groups is 1. The number of fused-ring (bicyclic) bond motifs is 1. The van der Waals surface area contributed by atoms with Crippen LogP contribution < -0.4 is 15.4 Å². The predicted molar refractivity (Wildman–Crippen MR) is 127 cm³/mol. The maximum absolute atomic E-state index is 12.5. The van der Waals surface area contributed by atoms with Gasteiger partial charge in [0.1, 0.15) is 5.75 Å². The van der Waals surface area contributed by atoms with Crippen LogP contribution in [0.15, 0.2) is 36.4 Å². The number of phosphoric ester groups is 1. The number of hydrogen-bond donors (Lipinski definition) is 5. The standard InChI is InChI=1S/C23H33N2O8P/c1-16(17-7-8-19-13-21(32-2)10-9-18(19)12-17)23(28)24-11-5-3-4-6-22(27)25-20(14-26)15-33-34(29,30)31/h7-10,12-13,16,20,26H,3-6,11,14-15H2,1-2H3,(H,24,28)(H,25,27)(H2,29,30,31)/t16-,20?/m0/s1. The molecule has 0 saturated carbocycles. The van der Waals surface area contributed by atoms with E-state index >= 15 is 0 Å². The number of carbonyl (C=O) groups excluding carboxylic acids is 2. The van der Waals surface area contributed by atoms with Crippen molar-refractivity contribution < 1.29 is 38.3 Å². The SMILES string of the molecule is COc1ccc2cc([C@H](C)C(=O)NCCCCCC(=O)NC(CO)COP(=O)(O)O)ccc2c1. The number of carbonyl (C=O) groups is 2. The van der Waals surface area contributed by atoms with Gasteiger partial charge in [-0.15, -0.1) is 0 Å². The van der Waals surface area contributed by atoms with Gasteiger partial charge in [-0.3, -0.25) is 14.1 Å². The molecule has 0 heterocycles. The molecule has 0 aromatic heterocycles. The van der Waals surface area contributed by atoms with Gasteiger partial charge in [0, 0.05) is 13.0 Å². The Morgan fingerprint density at radius 2 is 1.76 bits per heavy atom. The number of amides is 2. The Bertz CT molecular complexity index is 1010. The van der Waals surface area contributed by atoms with Crippen LogP contribution in [0.1, 0.15) is 44.1 Å². The van der Waals surface area contributed by atoms with E-state index in [0.717, 1.165) is 22.1 Å². The van der Waals surface area contributed by atoms with Crippen molar-refractivity contribution in [3.8, 4) is 5.75 Å². The molecule has 0 fully saturated rings. The molecule has 188 valence electrons. The Labute approximate surface area is 198 Å². The van der Waals surface area contributed by atoms with Gasteiger partial charge in [0.2, 0.25) is 11.8 Å². The largest absolute Gasteiger partial charge is 0.497 e. The van der Waals surface area contributed by atoms with E-state index in [1.165, 1.54) is 0 Å². The molecular weight excluding hydrogens is 463 g/mol. The Balaban J connectivity index is 1.67. The van der Waals surface area contributed by atoms with Gasteiger partial charge in [-0.25, -0.2) is 4.57 Å². The topological polar surface area (TPSA) is 154 Å². The molecule has 0 radical (unpaired) electrons. The van der Waals surface area contributed by atoms with E-state index in [9.17, 15) is 19.3 Å². The van der Waals surface area contributed by atoms with Gasteiger partial charge in [-0.1, -0.05) is 30.7 Å². The lowest BCUT2D eigenvalue weighted by Crippen LogP contribution is -2.40. The molecule has 11 heteroatoms. The molecule has 0 bridgehead atoms. The Morgan fingerprint density at radius 1 is 1.06 bits per heavy atom. The second kappa shape index (κ2) is 13.4. The first-order valence-corrected chi connectivity index (χ1v) is 12.6. The first kappa shape index (κ1) is 27.8. The summed E-state index contributed by atoms with van der Waals surface area (Å²) < 4.78 is 20.2. The van der Waals surface area contributed by atoms with E-state index in [0.29, 0.717) is 25.8 Å². The third-order valence-electron chi connectivity index (χ3n) is 5.37. The third kappa shape index (κ3) is 9.40. The van der Waals surface area contributed by atoms with E-state index in [2.05, 4.69) is 15.2 Å². The Morgan fingerprint density at radius 3 is 2.44 bits per heavy atom. The molecule has 34 heavy (non-hydrogen) atoms. The molecule has 0 aliphatic carbocycles. The van der Waals surface area contributed by atoms with Crippen molar-refractivity contribution in [2.45, 2.75) is 44.6 Å². The summed E-state index contributed by atoms with van der Waals surface area (Å²) in [7, 11) is -3.04. The average Bonchev–Trinajstić information content (AvgIpc) is 2.81. The van der Waals surface area contributed by atoms with Gasteiger partial charge in [0.05, 0.1) is 32.3 Å². The number of ether oxygens (including phenoxy) is 1. The minimum atomic E-state index is -4.66. The van der Waals surface area contributed by atoms with E-state index in [4.69, 9.17) is 14.5 Å². The fraction of sp³-hybridized carbons (Fsp3) is 0.478. The van der Waals surface area contributed by atoms with Crippen LogP contribution in [0.25, 0.3) is 10.8 Å². The lowest BCUT2D eigenvalue weighted by Gasteiger charge is -2.16. The molecular formula is C23H33N2O8P. The Kier molecular flexibility index (Phi) is 10.9. The summed E-state index contributed by atoms with van der Waals surface area (Å²) in [6.45, 7) is 1.37. The number of hydrogen-bond acceptors (Lipinski definition) is 6. The molecule has 2 atom stereocenters. The minimum Gasteiger partial charge on any atom is -0.497 e. The van der Waals surface area contributed by atoms with Crippen molar-refractivity contribution in [1.82, 2.24) is 10.6 Å². The molecule has 2 aromatic rings. The number of phosphoric acid groups is 1. The number of unbranched alkanes of at least 4 members (excludes halogenated alkanes) is 2. The second-order valence-electron chi connectivity index (χ2n) is 8.03. The van der Waals surface area contributed by atoms with Crippen LogP contribution in [0.3, 0.4) is 0 Å². The van der Waals surface area contributed by atoms with Crippen molar-refractivity contribution >= 4 is 30.4 Å². The van der Waals surface area contributed by atoms with Gasteiger partial charge >= 0.3 is 7.82 Å². The quantitative estimate of drug-likeness (QED) is 0.197. The lowest BCUT2D eigenvalue weighted by atomic mass is 9.97. The molecule has 10 nitrogen and oxygen atoms in total. The molecule has 0 aliphatic heterocycles. The molecule has 0 spiro atoms. The van der Waals surface area contributed by atoms with Crippen molar-refractivity contribution in [2.24, 2.45) is 0 Å². The zero-order chi connectivity index (χ0) is 25.1. The van der Waals surface area contributed by atoms with E-state index in [1.54, 1.807) is 7.11 Å². The maximum Gasteiger partial charge on any atom is 0.469 e. The third-order valence-corrected chi connectivity index (χ3v) is 5.86. The van der Waals surface area contributed by atoms with Crippen LogP contribution in [-0.2, 0) is 18.7 Å². The molecule has 5 N–H and O–H groups in total. The van der Waals surface area contributed by atoms with Gasteiger partial charge in [-0.2, -0.15) is 0 Å². The predicted octanol–water partition coefficient (Wildman–Crippen LogP) is 2.21. The molecule has 1 unspecified atom stereocenters. The molecule has 0 aliphatic rings. The highest BCUT2D eigenvalue weighted by molar-refractivity contribution is 7.46. The van der Waals surface area contributed by atoms with Gasteiger partial charge in [-0.05, 0) is 48.2 Å². The highest BCUT2D eigenvalue weighted by Crippen LogP contribution is 2.35. The Hall–Kier alpha value is -2.49. The summed E-state index contributed by atoms with van der Waals surface area (Å²) in [4.78, 5) is 41.8. The zero-order valence-corrected chi connectivity index (χ0v) is 20.3. The van der Waals surface area contributed by atoms with Crippen LogP contribution >= 0.6 is 7.82 Å². The summed E-state index contributed by atoms with van der Waals surface area (Å²) >= 11 is 0. The van der Waals surface area contributed by atoms with Crippen molar-refractivity contribution in [3.63, 3.8) is 0 Å². The monoisotopic (exact) mass is 496 g/mol. The number of aliphatic hydroxyl groups excluding tert-OH is 1. The molecule has 0 saturated heterocycles. The van der Waals surface area contributed by atoms with Crippen molar-refractivity contribution in [3.05, 3.63) is 42.0 Å². The molecule has 2 rings (SSSR count). The minimum absolute atomic E-state index is 0.0681. The number of nitrogens with one attached hydrogen (secondary N) is 2. The first-order valence-electron chi connectivity index (χ1n) is 11.1. The number of methoxy groups -OCH3 is 1. The van der Waals surface area contributed by atoms with Crippen molar-refractivity contribution in [2.75, 3.05) is 26.9 Å². The summed E-state index contributed by atoms with van der Waals surface area (Å²) in [6.07, 6.45) is 2.18. The highest BCUT2D eigenvalue weighted by Gasteiger charge is 2.19. The first-order chi connectivity index (χ1) is 16.1. The number of rotatable bonds is 14. The van der Waals surface area contributed by atoms with E-state index < -0.39 is 27.1 Å². The maximum atomic E-state index is 12.5. The van der Waals surface area contributed by atoms with Crippen LogP contribution in [-0.4, -0.2) is 59.6 Å². The fourth-order valence-corrected chi connectivity index (χ4v) is 3.74. The van der Waals surface area contributed by atoms with Gasteiger partial charge in [0.25, 0.3) is 0 Å². The fourth-order valence-electron chi connectivity index (χ4n) is 3.37. The van der Waals surface area contributed by atoms with Crippen molar-refractivity contribution in [1.29, 1.82) is 0 Å². The summed E-state index contributed by atoms with van der Waals surface area (Å²) in [5, 5.41) is 16.6. The van der Waals surface area contributed by atoms with Crippen LogP contribution in [0.4, 0.5) is 0 Å². The zero-order valence-electron chi connectivity index (χ0n) is 19.4. The highest BCUT2D eigenvalue weighted by atomic mass is 31.2. The van der Waals surface area contributed by atoms with Crippen LogP contribution in [0, 0.1) is 0 Å². The molecule has 2 aromatic carbocycles. The van der Waals surface area contributed by atoms with Gasteiger partial charge in [0.15, 0.2) is 0 Å². The smallest absolute Gasteiger partial charge is 0.469 e.